The lowest BCUT2D eigenvalue weighted by atomic mass is 10.4. The lowest BCUT2D eigenvalue weighted by molar-refractivity contribution is 0.438. The van der Waals surface area contributed by atoms with E-state index in [9.17, 15) is 9.18 Å². The summed E-state index contributed by atoms with van der Waals surface area (Å²) in [5, 5.41) is 0. The molecule has 72 valence electrons. The number of pyridine rings is 1. The Hall–Kier alpha value is -1.03. The molecule has 3 nitrogen and oxygen atoms in total. The van der Waals surface area contributed by atoms with Crippen molar-refractivity contribution >= 4 is 18.1 Å². The molecule has 13 heavy (non-hydrogen) atoms. The second-order valence-corrected chi connectivity index (χ2v) is 2.99. The van der Waals surface area contributed by atoms with Gasteiger partial charge in [-0.2, -0.15) is 0 Å². The maximum atomic E-state index is 12.6. The molecule has 0 saturated heterocycles. The zero-order valence-corrected chi connectivity index (χ0v) is 7.63. The Bertz CT molecular complexity index is 365. The number of hydrogen-bond donors (Lipinski definition) is 1. The van der Waals surface area contributed by atoms with E-state index in [-0.39, 0.29) is 29.7 Å². The van der Waals surface area contributed by atoms with Crippen molar-refractivity contribution in [2.75, 3.05) is 5.73 Å². The van der Waals surface area contributed by atoms with E-state index in [0.29, 0.717) is 6.42 Å². The third kappa shape index (κ3) is 1.67. The molecule has 1 aliphatic carbocycles. The summed E-state index contributed by atoms with van der Waals surface area (Å²) in [6.07, 6.45) is 1.14. The van der Waals surface area contributed by atoms with Crippen LogP contribution in [0.5, 0.6) is 0 Å². The van der Waals surface area contributed by atoms with Crippen molar-refractivity contribution in [2.24, 2.45) is 0 Å². The quantitative estimate of drug-likeness (QED) is 0.746. The summed E-state index contributed by atoms with van der Waals surface area (Å²) in [5.41, 5.74) is 5.26. The molecule has 1 saturated carbocycles. The first-order valence-corrected chi connectivity index (χ1v) is 3.81. The second kappa shape index (κ2) is 3.38. The van der Waals surface area contributed by atoms with Gasteiger partial charge in [0.2, 0.25) is 0 Å². The number of halogens is 2. The van der Waals surface area contributed by atoms with Crippen LogP contribution in [0.2, 0.25) is 0 Å². The molecule has 2 N–H and O–H groups in total. The van der Waals surface area contributed by atoms with Gasteiger partial charge in [0.25, 0.3) is 5.56 Å². The Labute approximate surface area is 80.8 Å². The lowest BCUT2D eigenvalue weighted by Crippen LogP contribution is -2.21. The average molecular weight is 205 g/mol. The molecule has 5 heteroatoms. The molecule has 2 rings (SSSR count). The normalized spacial score (nSPS) is 25.0. The molecule has 0 bridgehead atoms. The average Bonchev–Trinajstić information content (AvgIpc) is 2.73. The summed E-state index contributed by atoms with van der Waals surface area (Å²) in [6.45, 7) is 0. The molecule has 1 heterocycles. The van der Waals surface area contributed by atoms with Gasteiger partial charge < -0.3 is 10.3 Å². The molecular formula is C8H10ClFN2O. The number of anilines is 1. The molecule has 0 unspecified atom stereocenters. The minimum Gasteiger partial charge on any atom is -0.394 e. The maximum Gasteiger partial charge on any atom is 0.274 e. The Kier molecular flexibility index (Phi) is 2.61. The predicted octanol–water partition coefficient (Wildman–Crippen LogP) is 1.14. The largest absolute Gasteiger partial charge is 0.394 e. The Morgan fingerprint density at radius 3 is 2.77 bits per heavy atom. The molecular weight excluding hydrogens is 195 g/mol. The topological polar surface area (TPSA) is 48.0 Å². The first kappa shape index (κ1) is 10.1. The highest BCUT2D eigenvalue weighted by Crippen LogP contribution is 2.37. The van der Waals surface area contributed by atoms with Crippen molar-refractivity contribution in [3.8, 4) is 0 Å². The number of hydrogen-bond acceptors (Lipinski definition) is 2. The highest BCUT2D eigenvalue weighted by molar-refractivity contribution is 5.85. The van der Waals surface area contributed by atoms with E-state index in [1.165, 1.54) is 10.6 Å². The molecule has 0 aliphatic heterocycles. The van der Waals surface area contributed by atoms with Gasteiger partial charge in [-0.1, -0.05) is 0 Å². The fourth-order valence-corrected chi connectivity index (χ4v) is 1.23. The zero-order chi connectivity index (χ0) is 8.72. The summed E-state index contributed by atoms with van der Waals surface area (Å²) in [4.78, 5) is 11.3. The third-order valence-corrected chi connectivity index (χ3v) is 2.04. The van der Waals surface area contributed by atoms with Crippen molar-refractivity contribution in [3.05, 3.63) is 28.7 Å². The molecule has 2 atom stereocenters. The first-order valence-electron chi connectivity index (χ1n) is 3.81. The van der Waals surface area contributed by atoms with Crippen LogP contribution in [0.15, 0.2) is 23.1 Å². The summed E-state index contributed by atoms with van der Waals surface area (Å²) in [6, 6.07) is 2.90. The molecule has 1 aromatic rings. The van der Waals surface area contributed by atoms with Gasteiger partial charge in [-0.3, -0.25) is 4.79 Å². The smallest absolute Gasteiger partial charge is 0.274 e. The van der Waals surface area contributed by atoms with E-state index in [4.69, 9.17) is 5.73 Å². The predicted molar refractivity (Wildman–Crippen MR) is 50.9 cm³/mol. The minimum absolute atomic E-state index is 0. The van der Waals surface area contributed by atoms with E-state index >= 15 is 0 Å². The van der Waals surface area contributed by atoms with Crippen LogP contribution >= 0.6 is 12.4 Å². The summed E-state index contributed by atoms with van der Waals surface area (Å²) >= 11 is 0. The standard InChI is InChI=1S/C8H9FN2O.ClH/c9-5-4-7(5)11-3-1-2-6(10)8(11)12;/h1-3,5,7H,4,10H2;1H/t5-,7+;/m1./s1. The number of nitrogen functional groups attached to an aromatic ring is 1. The third-order valence-electron chi connectivity index (χ3n) is 2.04. The van der Waals surface area contributed by atoms with E-state index in [2.05, 4.69) is 0 Å². The van der Waals surface area contributed by atoms with Gasteiger partial charge in [-0.05, 0) is 12.1 Å². The monoisotopic (exact) mass is 204 g/mol. The lowest BCUT2D eigenvalue weighted by Gasteiger charge is -2.02. The number of alkyl halides is 1. The minimum atomic E-state index is -0.871. The van der Waals surface area contributed by atoms with E-state index in [1.54, 1.807) is 12.3 Å². The van der Waals surface area contributed by atoms with E-state index in [1.807, 2.05) is 0 Å². The maximum absolute atomic E-state index is 12.6. The highest BCUT2D eigenvalue weighted by Gasteiger charge is 2.39. The molecule has 0 radical (unpaired) electrons. The molecule has 1 aromatic heterocycles. The Balaban J connectivity index is 0.000000845. The molecule has 0 amide bonds. The van der Waals surface area contributed by atoms with Gasteiger partial charge in [0.1, 0.15) is 6.17 Å². The van der Waals surface area contributed by atoms with Gasteiger partial charge in [0, 0.05) is 12.6 Å². The van der Waals surface area contributed by atoms with Crippen LogP contribution in [-0.4, -0.2) is 10.7 Å². The SMILES string of the molecule is Cl.Nc1cccn([C@H]2C[C@H]2F)c1=O. The van der Waals surface area contributed by atoms with Crippen LogP contribution in [0.25, 0.3) is 0 Å². The van der Waals surface area contributed by atoms with Crippen molar-refractivity contribution < 1.29 is 4.39 Å². The fraction of sp³-hybridized carbons (Fsp3) is 0.375. The Morgan fingerprint density at radius 2 is 2.23 bits per heavy atom. The summed E-state index contributed by atoms with van der Waals surface area (Å²) < 4.78 is 13.9. The number of rotatable bonds is 1. The summed E-state index contributed by atoms with van der Waals surface area (Å²) in [5.74, 6) is 0. The van der Waals surface area contributed by atoms with Gasteiger partial charge >= 0.3 is 0 Å². The zero-order valence-electron chi connectivity index (χ0n) is 6.81. The highest BCUT2D eigenvalue weighted by atomic mass is 35.5. The van der Waals surface area contributed by atoms with Crippen molar-refractivity contribution in [3.63, 3.8) is 0 Å². The van der Waals surface area contributed by atoms with Crippen LogP contribution in [0.3, 0.4) is 0 Å². The van der Waals surface area contributed by atoms with Gasteiger partial charge in [0.05, 0.1) is 11.7 Å². The van der Waals surface area contributed by atoms with Crippen LogP contribution < -0.4 is 11.3 Å². The molecule has 0 aromatic carbocycles. The fourth-order valence-electron chi connectivity index (χ4n) is 1.23. The second-order valence-electron chi connectivity index (χ2n) is 2.99. The van der Waals surface area contributed by atoms with Gasteiger partial charge in [-0.15, -0.1) is 12.4 Å². The van der Waals surface area contributed by atoms with E-state index in [0.717, 1.165) is 0 Å². The van der Waals surface area contributed by atoms with Crippen LogP contribution in [0, 0.1) is 0 Å². The van der Waals surface area contributed by atoms with Crippen LogP contribution in [-0.2, 0) is 0 Å². The van der Waals surface area contributed by atoms with Crippen molar-refractivity contribution in [2.45, 2.75) is 18.6 Å². The number of aromatic nitrogens is 1. The molecule has 1 fully saturated rings. The van der Waals surface area contributed by atoms with Gasteiger partial charge in [-0.25, -0.2) is 4.39 Å². The number of nitrogens with two attached hydrogens (primary N) is 1. The van der Waals surface area contributed by atoms with Crippen LogP contribution in [0.4, 0.5) is 10.1 Å². The van der Waals surface area contributed by atoms with E-state index < -0.39 is 6.17 Å². The Morgan fingerprint density at radius 1 is 1.62 bits per heavy atom. The number of nitrogens with zero attached hydrogens (tertiary/aromatic N) is 1. The van der Waals surface area contributed by atoms with Crippen molar-refractivity contribution in [1.29, 1.82) is 0 Å². The van der Waals surface area contributed by atoms with Crippen molar-refractivity contribution in [1.82, 2.24) is 4.57 Å². The van der Waals surface area contributed by atoms with Crippen LogP contribution in [0.1, 0.15) is 12.5 Å². The summed E-state index contributed by atoms with van der Waals surface area (Å²) in [7, 11) is 0. The molecule has 1 aliphatic rings. The van der Waals surface area contributed by atoms with Gasteiger partial charge in [0.15, 0.2) is 0 Å². The molecule has 0 spiro atoms. The first-order chi connectivity index (χ1) is 5.70.